The van der Waals surface area contributed by atoms with Crippen LogP contribution in [-0.4, -0.2) is 11.5 Å². The summed E-state index contributed by atoms with van der Waals surface area (Å²) >= 11 is 0. The van der Waals surface area contributed by atoms with Crippen molar-refractivity contribution in [2.45, 2.75) is 19.8 Å². The molecule has 8 aromatic rings. The van der Waals surface area contributed by atoms with Crippen molar-refractivity contribution in [1.82, 2.24) is 0 Å². The Labute approximate surface area is 304 Å². The van der Waals surface area contributed by atoms with Crippen LogP contribution in [0.4, 0.5) is 0 Å². The van der Waals surface area contributed by atoms with E-state index in [1.54, 1.807) is 0 Å². The number of aliphatic imine (C=N–C) groups is 2. The molecule has 0 N–H and O–H groups in total. The van der Waals surface area contributed by atoms with Gasteiger partial charge in [0.05, 0.1) is 11.4 Å². The maximum absolute atomic E-state index is 6.30. The van der Waals surface area contributed by atoms with E-state index in [2.05, 4.69) is 159 Å². The molecule has 0 amide bonds. The Bertz CT molecular complexity index is 2590. The molecule has 2 heterocycles. The molecule has 0 fully saturated rings. The van der Waals surface area contributed by atoms with Gasteiger partial charge in [0.25, 0.3) is 0 Å². The summed E-state index contributed by atoms with van der Waals surface area (Å²) in [6.07, 6.45) is 1.68. The fraction of sp³-hybridized carbons (Fsp3) is 0.0612. The Morgan fingerprint density at radius 2 is 0.885 bits per heavy atom. The van der Waals surface area contributed by atoms with Gasteiger partial charge in [0, 0.05) is 21.9 Å². The van der Waals surface area contributed by atoms with E-state index >= 15 is 0 Å². The van der Waals surface area contributed by atoms with Gasteiger partial charge in [-0.2, -0.15) is 0 Å². The first kappa shape index (κ1) is 31.4. The van der Waals surface area contributed by atoms with Crippen LogP contribution in [0.1, 0.15) is 36.5 Å². The minimum absolute atomic E-state index is 0.683. The third-order valence-corrected chi connectivity index (χ3v) is 9.98. The maximum atomic E-state index is 6.30. The summed E-state index contributed by atoms with van der Waals surface area (Å²) in [6.45, 7) is 2.20. The molecular weight excluding hydrogens is 633 g/mol. The van der Waals surface area contributed by atoms with Gasteiger partial charge in [-0.25, -0.2) is 9.98 Å². The number of hydrogen-bond donors (Lipinski definition) is 0. The quantitative estimate of drug-likeness (QED) is 0.174. The molecule has 0 atom stereocenters. The Morgan fingerprint density at radius 3 is 1.52 bits per heavy atom. The molecule has 3 heteroatoms. The third kappa shape index (κ3) is 6.18. The number of benzene rings is 7. The Hall–Kier alpha value is -6.58. The minimum atomic E-state index is 0.683. The lowest BCUT2D eigenvalue weighted by Gasteiger charge is -2.17. The van der Waals surface area contributed by atoms with Gasteiger partial charge in [-0.15, -0.1) is 0 Å². The SMILES string of the molecule is C/C1=C(/c2ccc(-c3cc(-c4ccccc4)cc(-c4ccccc4)c3)cc2)N=C(c2ccc3c(c2)oc2ccccc23)N=C(c2ccccc2)CC1. The van der Waals surface area contributed by atoms with Crippen LogP contribution in [0.3, 0.4) is 0 Å². The number of allylic oxidation sites excluding steroid dienone is 1. The van der Waals surface area contributed by atoms with Crippen molar-refractivity contribution in [3.63, 3.8) is 0 Å². The highest BCUT2D eigenvalue weighted by molar-refractivity contribution is 6.16. The summed E-state index contributed by atoms with van der Waals surface area (Å²) in [5.74, 6) is 0.683. The molecule has 0 radical (unpaired) electrons. The first-order chi connectivity index (χ1) is 25.7. The normalized spacial score (nSPS) is 14.9. The summed E-state index contributed by atoms with van der Waals surface area (Å²) in [6, 6.07) is 61.9. The van der Waals surface area contributed by atoms with Crippen molar-refractivity contribution in [2.24, 2.45) is 9.98 Å². The van der Waals surface area contributed by atoms with E-state index in [1.807, 2.05) is 24.3 Å². The van der Waals surface area contributed by atoms with E-state index in [-0.39, 0.29) is 0 Å². The van der Waals surface area contributed by atoms with Crippen LogP contribution in [0.2, 0.25) is 0 Å². The molecule has 0 saturated heterocycles. The second kappa shape index (κ2) is 13.6. The highest BCUT2D eigenvalue weighted by Gasteiger charge is 2.18. The molecule has 1 aliphatic heterocycles. The van der Waals surface area contributed by atoms with Crippen molar-refractivity contribution in [2.75, 3.05) is 0 Å². The van der Waals surface area contributed by atoms with Gasteiger partial charge in [-0.05, 0) is 101 Å². The van der Waals surface area contributed by atoms with Crippen molar-refractivity contribution in [1.29, 1.82) is 0 Å². The predicted octanol–water partition coefficient (Wildman–Crippen LogP) is 13.0. The fourth-order valence-corrected chi connectivity index (χ4v) is 7.19. The third-order valence-electron chi connectivity index (χ3n) is 9.98. The van der Waals surface area contributed by atoms with Crippen LogP contribution in [0.5, 0.6) is 0 Å². The lowest BCUT2D eigenvalue weighted by molar-refractivity contribution is 0.669. The largest absolute Gasteiger partial charge is 0.456 e. The van der Waals surface area contributed by atoms with Crippen LogP contribution in [0.25, 0.3) is 61.0 Å². The van der Waals surface area contributed by atoms with E-state index in [4.69, 9.17) is 14.4 Å². The highest BCUT2D eigenvalue weighted by atomic mass is 16.3. The van der Waals surface area contributed by atoms with Crippen molar-refractivity contribution < 1.29 is 4.42 Å². The Morgan fingerprint density at radius 1 is 0.385 bits per heavy atom. The Kier molecular flexibility index (Phi) is 8.22. The maximum Gasteiger partial charge on any atom is 0.160 e. The summed E-state index contributed by atoms with van der Waals surface area (Å²) in [5.41, 5.74) is 15.2. The second-order valence-corrected chi connectivity index (χ2v) is 13.4. The second-order valence-electron chi connectivity index (χ2n) is 13.4. The smallest absolute Gasteiger partial charge is 0.160 e. The molecule has 1 aromatic heterocycles. The summed E-state index contributed by atoms with van der Waals surface area (Å²) in [7, 11) is 0. The van der Waals surface area contributed by atoms with Gasteiger partial charge in [0.15, 0.2) is 5.84 Å². The lowest BCUT2D eigenvalue weighted by Crippen LogP contribution is -2.10. The van der Waals surface area contributed by atoms with E-state index < -0.39 is 0 Å². The standard InChI is InChI=1S/C49H36N2O/c1-33-21-28-45(37-17-9-4-10-18-37)50-49(39-26-27-44-43-19-11-12-20-46(43)52-47(44)32-39)51-48(33)38-24-22-36(23-25-38)42-30-40(34-13-5-2-6-14-34)29-41(31-42)35-15-7-3-8-16-35/h2-20,22-27,29-32H,21,28H2,1H3/b48-33+,50-45?,51-49?. The number of fused-ring (bicyclic) bond motifs is 3. The molecule has 0 saturated carbocycles. The van der Waals surface area contributed by atoms with Crippen LogP contribution in [-0.2, 0) is 0 Å². The van der Waals surface area contributed by atoms with Gasteiger partial charge in [0.1, 0.15) is 11.2 Å². The van der Waals surface area contributed by atoms with Gasteiger partial charge >= 0.3 is 0 Å². The van der Waals surface area contributed by atoms with Crippen LogP contribution in [0.15, 0.2) is 196 Å². The number of hydrogen-bond acceptors (Lipinski definition) is 3. The number of nitrogens with zero attached hydrogens (tertiary/aromatic N) is 2. The average Bonchev–Trinajstić information content (AvgIpc) is 3.59. The molecule has 0 bridgehead atoms. The highest BCUT2D eigenvalue weighted by Crippen LogP contribution is 2.35. The zero-order chi connectivity index (χ0) is 34.9. The van der Waals surface area contributed by atoms with Crippen molar-refractivity contribution >= 4 is 39.2 Å². The molecule has 9 rings (SSSR count). The topological polar surface area (TPSA) is 37.9 Å². The molecule has 248 valence electrons. The summed E-state index contributed by atoms with van der Waals surface area (Å²) in [4.78, 5) is 10.7. The van der Waals surface area contributed by atoms with E-state index in [9.17, 15) is 0 Å². The summed E-state index contributed by atoms with van der Waals surface area (Å²) in [5, 5.41) is 2.20. The molecule has 0 unspecified atom stereocenters. The number of rotatable bonds is 6. The molecule has 7 aromatic carbocycles. The summed E-state index contributed by atoms with van der Waals surface area (Å²) < 4.78 is 6.30. The van der Waals surface area contributed by atoms with E-state index in [0.29, 0.717) is 5.84 Å². The Balaban J connectivity index is 1.14. The van der Waals surface area contributed by atoms with Crippen LogP contribution in [0, 0.1) is 0 Å². The average molecular weight is 669 g/mol. The lowest BCUT2D eigenvalue weighted by atomic mass is 9.92. The number of para-hydroxylation sites is 1. The molecule has 3 nitrogen and oxygen atoms in total. The van der Waals surface area contributed by atoms with Gasteiger partial charge in [-0.3, -0.25) is 0 Å². The van der Waals surface area contributed by atoms with Gasteiger partial charge < -0.3 is 4.42 Å². The molecule has 52 heavy (non-hydrogen) atoms. The van der Waals surface area contributed by atoms with E-state index in [0.717, 1.165) is 68.4 Å². The zero-order valence-electron chi connectivity index (χ0n) is 29.0. The van der Waals surface area contributed by atoms with Crippen LogP contribution < -0.4 is 0 Å². The minimum Gasteiger partial charge on any atom is -0.456 e. The molecule has 1 aliphatic rings. The van der Waals surface area contributed by atoms with Gasteiger partial charge in [0.2, 0.25) is 0 Å². The first-order valence-corrected chi connectivity index (χ1v) is 17.9. The van der Waals surface area contributed by atoms with E-state index in [1.165, 1.54) is 33.4 Å². The molecule has 0 aliphatic carbocycles. The molecule has 0 spiro atoms. The monoisotopic (exact) mass is 668 g/mol. The van der Waals surface area contributed by atoms with Crippen molar-refractivity contribution in [3.8, 4) is 33.4 Å². The van der Waals surface area contributed by atoms with Crippen LogP contribution >= 0.6 is 0 Å². The van der Waals surface area contributed by atoms with Crippen molar-refractivity contribution in [3.05, 3.63) is 198 Å². The predicted molar refractivity (Wildman–Crippen MR) is 218 cm³/mol. The molecular formula is C49H36N2O. The fourth-order valence-electron chi connectivity index (χ4n) is 7.19. The zero-order valence-corrected chi connectivity index (χ0v) is 29.0. The van der Waals surface area contributed by atoms with Gasteiger partial charge in [-0.1, -0.05) is 140 Å². The first-order valence-electron chi connectivity index (χ1n) is 17.9. The number of furan rings is 1. The number of amidine groups is 1.